The minimum absolute atomic E-state index is 0.198. The maximum absolute atomic E-state index is 8.74. The lowest BCUT2D eigenvalue weighted by atomic mass is 10.3. The number of aliphatic hydroxyl groups excluding tert-OH is 1. The molecule has 2 heterocycles. The lowest BCUT2D eigenvalue weighted by Crippen LogP contribution is -1.88. The molecule has 0 aromatic carbocycles. The van der Waals surface area contributed by atoms with Crippen molar-refractivity contribution in [2.75, 3.05) is 0 Å². The van der Waals surface area contributed by atoms with Gasteiger partial charge in [-0.15, -0.1) is 0 Å². The molecule has 0 radical (unpaired) electrons. The molecule has 2 rings (SSSR count). The molecule has 0 aliphatic rings. The number of nitrogens with zero attached hydrogens (tertiary/aromatic N) is 3. The van der Waals surface area contributed by atoms with Crippen LogP contribution in [0.15, 0.2) is 22.7 Å². The summed E-state index contributed by atoms with van der Waals surface area (Å²) in [6, 6.07) is 5.54. The maximum atomic E-state index is 8.74. The second kappa shape index (κ2) is 3.55. The average molecular weight is 191 g/mol. The number of pyridine rings is 1. The van der Waals surface area contributed by atoms with E-state index in [-0.39, 0.29) is 12.5 Å². The summed E-state index contributed by atoms with van der Waals surface area (Å²) in [5.74, 6) is 0.598. The van der Waals surface area contributed by atoms with Crippen LogP contribution in [0.3, 0.4) is 0 Å². The summed E-state index contributed by atoms with van der Waals surface area (Å²) in [5, 5.41) is 12.4. The van der Waals surface area contributed by atoms with Crippen molar-refractivity contribution < 1.29 is 9.63 Å². The van der Waals surface area contributed by atoms with Crippen molar-refractivity contribution in [2.24, 2.45) is 0 Å². The molecule has 0 saturated heterocycles. The summed E-state index contributed by atoms with van der Waals surface area (Å²) in [5.41, 5.74) is 1.53. The standard InChI is InChI=1S/C9H9N3O2/c1-6-3-2-4-7(10-6)9-11-8(5-13)14-12-9/h2-4,13H,5H2,1H3. The number of aryl methyl sites for hydroxylation is 1. The average Bonchev–Trinajstić information content (AvgIpc) is 2.66. The van der Waals surface area contributed by atoms with Gasteiger partial charge in [0, 0.05) is 5.69 Å². The monoisotopic (exact) mass is 191 g/mol. The lowest BCUT2D eigenvalue weighted by Gasteiger charge is -1.93. The number of hydrogen-bond donors (Lipinski definition) is 1. The smallest absolute Gasteiger partial charge is 0.252 e. The van der Waals surface area contributed by atoms with Crippen LogP contribution in [0.2, 0.25) is 0 Å². The molecule has 0 fully saturated rings. The molecule has 2 aromatic rings. The predicted octanol–water partition coefficient (Wildman–Crippen LogP) is 0.932. The minimum Gasteiger partial charge on any atom is -0.387 e. The Kier molecular flexibility index (Phi) is 2.24. The molecule has 2 aromatic heterocycles. The molecule has 5 nitrogen and oxygen atoms in total. The minimum atomic E-state index is -0.251. The van der Waals surface area contributed by atoms with E-state index in [0.717, 1.165) is 5.69 Å². The van der Waals surface area contributed by atoms with Crippen LogP contribution in [0.5, 0.6) is 0 Å². The highest BCUT2D eigenvalue weighted by atomic mass is 16.5. The van der Waals surface area contributed by atoms with Gasteiger partial charge in [0.2, 0.25) is 5.82 Å². The van der Waals surface area contributed by atoms with Crippen LogP contribution < -0.4 is 0 Å². The van der Waals surface area contributed by atoms with Crippen LogP contribution in [-0.4, -0.2) is 20.2 Å². The van der Waals surface area contributed by atoms with Crippen molar-refractivity contribution in [3.05, 3.63) is 29.8 Å². The highest BCUT2D eigenvalue weighted by Gasteiger charge is 2.08. The zero-order valence-electron chi connectivity index (χ0n) is 7.64. The highest BCUT2D eigenvalue weighted by molar-refractivity contribution is 5.47. The van der Waals surface area contributed by atoms with E-state index in [4.69, 9.17) is 9.63 Å². The normalized spacial score (nSPS) is 10.4. The Labute approximate surface area is 80.4 Å². The van der Waals surface area contributed by atoms with Gasteiger partial charge in [0.15, 0.2) is 0 Å². The molecule has 0 aliphatic heterocycles. The molecule has 0 spiro atoms. The second-order valence-corrected chi connectivity index (χ2v) is 2.83. The number of rotatable bonds is 2. The summed E-state index contributed by atoms with van der Waals surface area (Å²) in [6.07, 6.45) is 0. The van der Waals surface area contributed by atoms with Gasteiger partial charge in [0.25, 0.3) is 5.89 Å². The zero-order chi connectivity index (χ0) is 9.97. The van der Waals surface area contributed by atoms with Gasteiger partial charge in [-0.25, -0.2) is 4.98 Å². The Hall–Kier alpha value is -1.75. The second-order valence-electron chi connectivity index (χ2n) is 2.83. The van der Waals surface area contributed by atoms with Crippen LogP contribution in [-0.2, 0) is 6.61 Å². The first-order valence-corrected chi connectivity index (χ1v) is 4.17. The Morgan fingerprint density at radius 1 is 1.36 bits per heavy atom. The molecule has 1 N–H and O–H groups in total. The number of aromatic nitrogens is 3. The van der Waals surface area contributed by atoms with E-state index in [1.807, 2.05) is 19.1 Å². The molecular formula is C9H9N3O2. The fourth-order valence-corrected chi connectivity index (χ4v) is 1.09. The molecular weight excluding hydrogens is 182 g/mol. The Morgan fingerprint density at radius 3 is 2.86 bits per heavy atom. The van der Waals surface area contributed by atoms with E-state index in [2.05, 4.69) is 15.1 Å². The number of aliphatic hydroxyl groups is 1. The van der Waals surface area contributed by atoms with Crippen molar-refractivity contribution in [2.45, 2.75) is 13.5 Å². The molecule has 0 aliphatic carbocycles. The van der Waals surface area contributed by atoms with Gasteiger partial charge < -0.3 is 9.63 Å². The summed E-state index contributed by atoms with van der Waals surface area (Å²) in [7, 11) is 0. The third kappa shape index (κ3) is 1.62. The quantitative estimate of drug-likeness (QED) is 0.764. The molecule has 0 unspecified atom stereocenters. The number of hydrogen-bond acceptors (Lipinski definition) is 5. The fourth-order valence-electron chi connectivity index (χ4n) is 1.09. The molecule has 0 atom stereocenters. The van der Waals surface area contributed by atoms with Crippen LogP contribution in [0.4, 0.5) is 0 Å². The molecule has 72 valence electrons. The molecule has 14 heavy (non-hydrogen) atoms. The van der Waals surface area contributed by atoms with Crippen molar-refractivity contribution in [3.63, 3.8) is 0 Å². The third-order valence-electron chi connectivity index (χ3n) is 1.72. The van der Waals surface area contributed by atoms with E-state index in [0.29, 0.717) is 11.5 Å². The first-order chi connectivity index (χ1) is 6.79. The maximum Gasteiger partial charge on any atom is 0.252 e. The molecule has 0 amide bonds. The Morgan fingerprint density at radius 2 is 2.21 bits per heavy atom. The van der Waals surface area contributed by atoms with E-state index in [1.54, 1.807) is 6.07 Å². The molecule has 5 heteroatoms. The molecule has 0 bridgehead atoms. The highest BCUT2D eigenvalue weighted by Crippen LogP contribution is 2.12. The Bertz CT molecular complexity index is 439. The summed E-state index contributed by atoms with van der Waals surface area (Å²) >= 11 is 0. The van der Waals surface area contributed by atoms with Crippen molar-refractivity contribution >= 4 is 0 Å². The third-order valence-corrected chi connectivity index (χ3v) is 1.72. The van der Waals surface area contributed by atoms with Crippen LogP contribution in [0.25, 0.3) is 11.5 Å². The van der Waals surface area contributed by atoms with Gasteiger partial charge in [-0.3, -0.25) is 0 Å². The fraction of sp³-hybridized carbons (Fsp3) is 0.222. The van der Waals surface area contributed by atoms with Crippen LogP contribution in [0, 0.1) is 6.92 Å². The van der Waals surface area contributed by atoms with E-state index in [1.165, 1.54) is 0 Å². The SMILES string of the molecule is Cc1cccc(-c2noc(CO)n2)n1. The van der Waals surface area contributed by atoms with Gasteiger partial charge >= 0.3 is 0 Å². The van der Waals surface area contributed by atoms with Crippen LogP contribution >= 0.6 is 0 Å². The van der Waals surface area contributed by atoms with Crippen molar-refractivity contribution in [3.8, 4) is 11.5 Å². The van der Waals surface area contributed by atoms with Gasteiger partial charge in [-0.1, -0.05) is 11.2 Å². The van der Waals surface area contributed by atoms with Crippen molar-refractivity contribution in [1.82, 2.24) is 15.1 Å². The van der Waals surface area contributed by atoms with Gasteiger partial charge in [0.1, 0.15) is 12.3 Å². The van der Waals surface area contributed by atoms with Crippen LogP contribution in [0.1, 0.15) is 11.6 Å². The summed E-state index contributed by atoms with van der Waals surface area (Å²) < 4.78 is 4.76. The summed E-state index contributed by atoms with van der Waals surface area (Å²) in [4.78, 5) is 8.17. The first kappa shape index (κ1) is 8.83. The molecule has 0 saturated carbocycles. The van der Waals surface area contributed by atoms with E-state index < -0.39 is 0 Å². The summed E-state index contributed by atoms with van der Waals surface area (Å²) in [6.45, 7) is 1.63. The van der Waals surface area contributed by atoms with Gasteiger partial charge in [0.05, 0.1) is 0 Å². The largest absolute Gasteiger partial charge is 0.387 e. The van der Waals surface area contributed by atoms with E-state index in [9.17, 15) is 0 Å². The Balaban J connectivity index is 2.39. The topological polar surface area (TPSA) is 72.0 Å². The van der Waals surface area contributed by atoms with Crippen molar-refractivity contribution in [1.29, 1.82) is 0 Å². The van der Waals surface area contributed by atoms with Gasteiger partial charge in [-0.05, 0) is 19.1 Å². The lowest BCUT2D eigenvalue weighted by molar-refractivity contribution is 0.222. The van der Waals surface area contributed by atoms with E-state index >= 15 is 0 Å². The predicted molar refractivity (Wildman–Crippen MR) is 48.2 cm³/mol. The zero-order valence-corrected chi connectivity index (χ0v) is 7.64. The first-order valence-electron chi connectivity index (χ1n) is 4.17. The van der Waals surface area contributed by atoms with Gasteiger partial charge in [-0.2, -0.15) is 4.98 Å².